The molecule has 0 aliphatic carbocycles. The van der Waals surface area contributed by atoms with Gasteiger partial charge in [-0.1, -0.05) is 6.07 Å². The van der Waals surface area contributed by atoms with Crippen LogP contribution in [0.25, 0.3) is 0 Å². The highest BCUT2D eigenvalue weighted by Crippen LogP contribution is 2.11. The van der Waals surface area contributed by atoms with Crippen LogP contribution in [0.3, 0.4) is 0 Å². The Bertz CT molecular complexity index is 318. The van der Waals surface area contributed by atoms with Crippen LogP contribution in [-0.2, 0) is 16.0 Å². The Hall–Kier alpha value is -0.870. The fraction of sp³-hybridized carbons (Fsp3) is 0.583. The summed E-state index contributed by atoms with van der Waals surface area (Å²) in [4.78, 5) is 12.7. The van der Waals surface area contributed by atoms with Crippen LogP contribution in [0, 0.1) is 0 Å². The number of esters is 1. The number of hydrogen-bond acceptors (Lipinski definition) is 4. The Balaban J connectivity index is 1.60. The maximum atomic E-state index is 11.5. The van der Waals surface area contributed by atoms with Crippen molar-refractivity contribution in [2.24, 2.45) is 0 Å². The van der Waals surface area contributed by atoms with Crippen molar-refractivity contribution in [2.75, 3.05) is 13.2 Å². The lowest BCUT2D eigenvalue weighted by Crippen LogP contribution is -2.25. The van der Waals surface area contributed by atoms with Crippen molar-refractivity contribution < 1.29 is 9.53 Å². The maximum absolute atomic E-state index is 11.5. The summed E-state index contributed by atoms with van der Waals surface area (Å²) < 4.78 is 5.20. The van der Waals surface area contributed by atoms with Gasteiger partial charge < -0.3 is 10.1 Å². The van der Waals surface area contributed by atoms with Crippen LogP contribution in [0.4, 0.5) is 0 Å². The van der Waals surface area contributed by atoms with E-state index in [0.29, 0.717) is 19.1 Å². The van der Waals surface area contributed by atoms with Crippen molar-refractivity contribution in [1.29, 1.82) is 0 Å². The molecular weight excluding hydrogens is 222 g/mol. The molecule has 0 spiro atoms. The van der Waals surface area contributed by atoms with Gasteiger partial charge in [0, 0.05) is 17.3 Å². The van der Waals surface area contributed by atoms with Crippen LogP contribution in [0.15, 0.2) is 17.5 Å². The Morgan fingerprint density at radius 2 is 2.56 bits per heavy atom. The first-order valence-electron chi connectivity index (χ1n) is 5.76. The Labute approximate surface area is 99.8 Å². The van der Waals surface area contributed by atoms with Crippen LogP contribution >= 0.6 is 11.3 Å². The van der Waals surface area contributed by atoms with Gasteiger partial charge in [0.2, 0.25) is 0 Å². The van der Waals surface area contributed by atoms with Gasteiger partial charge in [-0.15, -0.1) is 11.3 Å². The van der Waals surface area contributed by atoms with E-state index < -0.39 is 0 Å². The summed E-state index contributed by atoms with van der Waals surface area (Å²) in [6.07, 6.45) is 3.62. The molecule has 4 heteroatoms. The van der Waals surface area contributed by atoms with Crippen LogP contribution < -0.4 is 5.32 Å². The summed E-state index contributed by atoms with van der Waals surface area (Å²) in [6.45, 7) is 1.54. The fourth-order valence-electron chi connectivity index (χ4n) is 1.91. The van der Waals surface area contributed by atoms with E-state index in [1.165, 1.54) is 11.3 Å². The number of thiophene rings is 1. The molecule has 0 radical (unpaired) electrons. The molecule has 1 aromatic heterocycles. The zero-order valence-electron chi connectivity index (χ0n) is 9.28. The number of rotatable bonds is 5. The van der Waals surface area contributed by atoms with E-state index in [0.717, 1.165) is 19.4 Å². The van der Waals surface area contributed by atoms with E-state index in [1.54, 1.807) is 11.3 Å². The number of ether oxygens (including phenoxy) is 1. The topological polar surface area (TPSA) is 38.3 Å². The molecule has 1 aliphatic rings. The van der Waals surface area contributed by atoms with Gasteiger partial charge in [0.1, 0.15) is 0 Å². The predicted molar refractivity (Wildman–Crippen MR) is 64.6 cm³/mol. The molecule has 16 heavy (non-hydrogen) atoms. The Morgan fingerprint density at radius 3 is 3.25 bits per heavy atom. The second-order valence-electron chi connectivity index (χ2n) is 4.05. The zero-order valence-corrected chi connectivity index (χ0v) is 10.1. The van der Waals surface area contributed by atoms with E-state index in [9.17, 15) is 4.79 Å². The minimum Gasteiger partial charge on any atom is -0.465 e. The average molecular weight is 239 g/mol. The van der Waals surface area contributed by atoms with Crippen molar-refractivity contribution >= 4 is 17.3 Å². The molecule has 0 amide bonds. The normalized spacial score (nSPS) is 19.9. The molecular formula is C12H17NO2S. The van der Waals surface area contributed by atoms with Gasteiger partial charge in [0.15, 0.2) is 0 Å². The summed E-state index contributed by atoms with van der Waals surface area (Å²) in [7, 11) is 0. The summed E-state index contributed by atoms with van der Waals surface area (Å²) in [5, 5.41) is 5.33. The smallest absolute Gasteiger partial charge is 0.307 e. The number of carbonyl (C=O) groups excluding carboxylic acids is 1. The fourth-order valence-corrected chi connectivity index (χ4v) is 2.60. The second-order valence-corrected chi connectivity index (χ2v) is 5.08. The van der Waals surface area contributed by atoms with Crippen molar-refractivity contribution in [3.05, 3.63) is 22.4 Å². The standard InChI is InChI=1S/C12H17NO2S/c14-12(9-10-3-1-6-13-10)15-7-5-11-4-2-8-16-11/h2,4,8,10,13H,1,3,5-7,9H2. The second kappa shape index (κ2) is 6.01. The molecule has 0 aromatic carbocycles. The first-order valence-corrected chi connectivity index (χ1v) is 6.64. The monoisotopic (exact) mass is 239 g/mol. The van der Waals surface area contributed by atoms with Gasteiger partial charge >= 0.3 is 5.97 Å². The van der Waals surface area contributed by atoms with Crippen LogP contribution in [0.1, 0.15) is 24.1 Å². The van der Waals surface area contributed by atoms with Crippen molar-refractivity contribution in [3.8, 4) is 0 Å². The van der Waals surface area contributed by atoms with Crippen molar-refractivity contribution in [3.63, 3.8) is 0 Å². The van der Waals surface area contributed by atoms with Crippen molar-refractivity contribution in [2.45, 2.75) is 31.7 Å². The third-order valence-electron chi connectivity index (χ3n) is 2.77. The molecule has 2 rings (SSSR count). The third-order valence-corrected chi connectivity index (χ3v) is 3.70. The molecule has 1 N–H and O–H groups in total. The molecule has 0 bridgehead atoms. The minimum atomic E-state index is -0.0732. The SMILES string of the molecule is O=C(CC1CCCN1)OCCc1cccs1. The lowest BCUT2D eigenvalue weighted by molar-refractivity contribution is -0.144. The van der Waals surface area contributed by atoms with Gasteiger partial charge in [-0.3, -0.25) is 4.79 Å². The van der Waals surface area contributed by atoms with Gasteiger partial charge in [-0.05, 0) is 30.8 Å². The minimum absolute atomic E-state index is 0.0732. The molecule has 1 aliphatic heterocycles. The van der Waals surface area contributed by atoms with Crippen molar-refractivity contribution in [1.82, 2.24) is 5.32 Å². The first-order chi connectivity index (χ1) is 7.84. The summed E-state index contributed by atoms with van der Waals surface area (Å²) >= 11 is 1.70. The van der Waals surface area contributed by atoms with E-state index in [4.69, 9.17) is 4.74 Å². The lowest BCUT2D eigenvalue weighted by atomic mass is 10.2. The lowest BCUT2D eigenvalue weighted by Gasteiger charge is -2.09. The van der Waals surface area contributed by atoms with E-state index in [1.807, 2.05) is 11.4 Å². The van der Waals surface area contributed by atoms with Gasteiger partial charge in [-0.25, -0.2) is 0 Å². The van der Waals surface area contributed by atoms with Gasteiger partial charge in [-0.2, -0.15) is 0 Å². The van der Waals surface area contributed by atoms with E-state index in [-0.39, 0.29) is 5.97 Å². The van der Waals surface area contributed by atoms with Crippen LogP contribution in [0.5, 0.6) is 0 Å². The average Bonchev–Trinajstić information content (AvgIpc) is 2.90. The van der Waals surface area contributed by atoms with Gasteiger partial charge in [0.05, 0.1) is 13.0 Å². The third kappa shape index (κ3) is 3.61. The zero-order chi connectivity index (χ0) is 11.2. The highest BCUT2D eigenvalue weighted by Gasteiger charge is 2.18. The quantitative estimate of drug-likeness (QED) is 0.798. The molecule has 1 aromatic rings. The summed E-state index contributed by atoms with van der Waals surface area (Å²) in [6, 6.07) is 4.43. The molecule has 1 atom stereocenters. The number of nitrogens with one attached hydrogen (secondary N) is 1. The molecule has 3 nitrogen and oxygen atoms in total. The highest BCUT2D eigenvalue weighted by atomic mass is 32.1. The maximum Gasteiger partial charge on any atom is 0.307 e. The molecule has 0 saturated carbocycles. The molecule has 1 saturated heterocycles. The number of carbonyl (C=O) groups is 1. The van der Waals surface area contributed by atoms with Crippen LogP contribution in [0.2, 0.25) is 0 Å². The molecule has 1 unspecified atom stereocenters. The van der Waals surface area contributed by atoms with Crippen LogP contribution in [-0.4, -0.2) is 25.2 Å². The Kier molecular flexibility index (Phi) is 4.36. The van der Waals surface area contributed by atoms with Gasteiger partial charge in [0.25, 0.3) is 0 Å². The predicted octanol–water partition coefficient (Wildman–Crippen LogP) is 1.98. The molecule has 2 heterocycles. The number of hydrogen-bond donors (Lipinski definition) is 1. The summed E-state index contributed by atoms with van der Waals surface area (Å²) in [5.74, 6) is -0.0732. The Morgan fingerprint density at radius 1 is 1.62 bits per heavy atom. The largest absolute Gasteiger partial charge is 0.465 e. The first kappa shape index (κ1) is 11.6. The summed E-state index contributed by atoms with van der Waals surface area (Å²) in [5.41, 5.74) is 0. The van der Waals surface area contributed by atoms with E-state index >= 15 is 0 Å². The molecule has 88 valence electrons. The highest BCUT2D eigenvalue weighted by molar-refractivity contribution is 7.09. The van der Waals surface area contributed by atoms with E-state index in [2.05, 4.69) is 11.4 Å². The molecule has 1 fully saturated rings.